The third-order valence-electron chi connectivity index (χ3n) is 4.26. The molecule has 2 rings (SSSR count). The van der Waals surface area contributed by atoms with Crippen LogP contribution in [0, 0.1) is 5.92 Å². The number of nitrogens with one attached hydrogen (secondary N) is 1. The van der Waals surface area contributed by atoms with Gasteiger partial charge in [-0.25, -0.2) is 0 Å². The summed E-state index contributed by atoms with van der Waals surface area (Å²) in [6.45, 7) is 13.2. The Morgan fingerprint density at radius 2 is 2.00 bits per heavy atom. The molecule has 0 fully saturated rings. The predicted molar refractivity (Wildman–Crippen MR) is 85.6 cm³/mol. The average Bonchev–Trinajstić information content (AvgIpc) is 2.42. The van der Waals surface area contributed by atoms with Crippen LogP contribution in [0.5, 0.6) is 5.75 Å². The standard InChI is InChI=1S/C18H29NO/c1-13(12-19-18(3,4)5)14(2)16-10-6-8-15-9-7-11-20-17(15)16/h6,8,10,13-14,19H,7,9,11-12H2,1-5H3. The Morgan fingerprint density at radius 1 is 1.25 bits per heavy atom. The maximum Gasteiger partial charge on any atom is 0.125 e. The fraction of sp³-hybridized carbons (Fsp3) is 0.667. The minimum atomic E-state index is 0.181. The average molecular weight is 275 g/mol. The van der Waals surface area contributed by atoms with Crippen LogP contribution in [-0.2, 0) is 6.42 Å². The van der Waals surface area contributed by atoms with Crippen LogP contribution in [0.1, 0.15) is 58.1 Å². The highest BCUT2D eigenvalue weighted by molar-refractivity contribution is 5.44. The van der Waals surface area contributed by atoms with Crippen molar-refractivity contribution >= 4 is 0 Å². The zero-order valence-electron chi connectivity index (χ0n) is 13.6. The summed E-state index contributed by atoms with van der Waals surface area (Å²) in [5.41, 5.74) is 2.95. The molecule has 0 aromatic heterocycles. The first-order valence-electron chi connectivity index (χ1n) is 7.88. The van der Waals surface area contributed by atoms with E-state index in [2.05, 4.69) is 58.1 Å². The Bertz CT molecular complexity index is 447. The Labute approximate surface area is 123 Å². The number of hydrogen-bond acceptors (Lipinski definition) is 2. The van der Waals surface area contributed by atoms with E-state index in [1.807, 2.05) is 0 Å². The highest BCUT2D eigenvalue weighted by atomic mass is 16.5. The minimum Gasteiger partial charge on any atom is -0.493 e. The quantitative estimate of drug-likeness (QED) is 0.891. The van der Waals surface area contributed by atoms with E-state index in [0.29, 0.717) is 11.8 Å². The summed E-state index contributed by atoms with van der Waals surface area (Å²) in [7, 11) is 0. The smallest absolute Gasteiger partial charge is 0.125 e. The number of rotatable bonds is 4. The lowest BCUT2D eigenvalue weighted by molar-refractivity contribution is 0.279. The lowest BCUT2D eigenvalue weighted by atomic mass is 9.86. The molecule has 1 heterocycles. The van der Waals surface area contributed by atoms with Crippen LogP contribution in [0.3, 0.4) is 0 Å². The van der Waals surface area contributed by atoms with Gasteiger partial charge in [0, 0.05) is 5.54 Å². The molecule has 1 N–H and O–H groups in total. The Hall–Kier alpha value is -1.02. The van der Waals surface area contributed by atoms with Gasteiger partial charge in [-0.2, -0.15) is 0 Å². The second kappa shape index (κ2) is 6.17. The lowest BCUT2D eigenvalue weighted by Crippen LogP contribution is -2.39. The van der Waals surface area contributed by atoms with Crippen molar-refractivity contribution in [2.75, 3.05) is 13.2 Å². The maximum absolute atomic E-state index is 5.95. The molecule has 2 heteroatoms. The summed E-state index contributed by atoms with van der Waals surface area (Å²) in [4.78, 5) is 0. The molecule has 112 valence electrons. The zero-order valence-corrected chi connectivity index (χ0v) is 13.6. The molecule has 0 amide bonds. The summed E-state index contributed by atoms with van der Waals surface area (Å²) in [6.07, 6.45) is 2.30. The Kier molecular flexibility index (Phi) is 4.74. The van der Waals surface area contributed by atoms with Crippen molar-refractivity contribution in [1.82, 2.24) is 5.32 Å². The van der Waals surface area contributed by atoms with Crippen LogP contribution in [-0.4, -0.2) is 18.7 Å². The van der Waals surface area contributed by atoms with Crippen molar-refractivity contribution in [3.05, 3.63) is 29.3 Å². The molecule has 0 saturated heterocycles. The second-order valence-electron chi connectivity index (χ2n) is 7.18. The Morgan fingerprint density at radius 3 is 2.70 bits per heavy atom. The summed E-state index contributed by atoms with van der Waals surface area (Å²) in [5.74, 6) is 2.26. The first-order valence-corrected chi connectivity index (χ1v) is 7.88. The SMILES string of the molecule is CC(CNC(C)(C)C)C(C)c1cccc2c1OCCC2. The number of fused-ring (bicyclic) bond motifs is 1. The van der Waals surface area contributed by atoms with Gasteiger partial charge in [-0.1, -0.05) is 32.0 Å². The molecule has 1 aromatic rings. The van der Waals surface area contributed by atoms with Gasteiger partial charge in [-0.3, -0.25) is 0 Å². The molecule has 0 bridgehead atoms. The fourth-order valence-electron chi connectivity index (χ4n) is 2.72. The monoisotopic (exact) mass is 275 g/mol. The summed E-state index contributed by atoms with van der Waals surface area (Å²) < 4.78 is 5.95. The van der Waals surface area contributed by atoms with Crippen LogP contribution in [0.15, 0.2) is 18.2 Å². The number of aryl methyl sites for hydroxylation is 1. The van der Waals surface area contributed by atoms with E-state index < -0.39 is 0 Å². The molecular weight excluding hydrogens is 246 g/mol. The molecule has 0 saturated carbocycles. The molecule has 2 unspecified atom stereocenters. The van der Waals surface area contributed by atoms with Gasteiger partial charge in [-0.05, 0) is 63.1 Å². The van der Waals surface area contributed by atoms with Gasteiger partial charge in [0.15, 0.2) is 0 Å². The van der Waals surface area contributed by atoms with Crippen molar-refractivity contribution in [2.24, 2.45) is 5.92 Å². The second-order valence-corrected chi connectivity index (χ2v) is 7.18. The number of hydrogen-bond donors (Lipinski definition) is 1. The topological polar surface area (TPSA) is 21.3 Å². The van der Waals surface area contributed by atoms with E-state index >= 15 is 0 Å². The third kappa shape index (κ3) is 3.76. The summed E-state index contributed by atoms with van der Waals surface area (Å²) >= 11 is 0. The first-order chi connectivity index (χ1) is 9.38. The van der Waals surface area contributed by atoms with Gasteiger partial charge in [0.1, 0.15) is 5.75 Å². The van der Waals surface area contributed by atoms with Crippen molar-refractivity contribution in [1.29, 1.82) is 0 Å². The van der Waals surface area contributed by atoms with Gasteiger partial charge in [0.2, 0.25) is 0 Å². The van der Waals surface area contributed by atoms with Gasteiger partial charge in [-0.15, -0.1) is 0 Å². The minimum absolute atomic E-state index is 0.181. The summed E-state index contributed by atoms with van der Waals surface area (Å²) in [6, 6.07) is 6.63. The molecule has 1 aromatic carbocycles. The molecular formula is C18H29NO. The Balaban J connectivity index is 2.10. The number of benzene rings is 1. The van der Waals surface area contributed by atoms with Gasteiger partial charge >= 0.3 is 0 Å². The van der Waals surface area contributed by atoms with Gasteiger partial charge in [0.25, 0.3) is 0 Å². The molecule has 1 aliphatic rings. The van der Waals surface area contributed by atoms with Crippen molar-refractivity contribution in [3.63, 3.8) is 0 Å². The molecule has 2 nitrogen and oxygen atoms in total. The van der Waals surface area contributed by atoms with E-state index in [0.717, 1.165) is 31.7 Å². The normalized spacial score (nSPS) is 18.1. The number of para-hydroxylation sites is 1. The molecule has 2 atom stereocenters. The van der Waals surface area contributed by atoms with Crippen LogP contribution >= 0.6 is 0 Å². The predicted octanol–water partition coefficient (Wildman–Crippen LogP) is 4.14. The summed E-state index contributed by atoms with van der Waals surface area (Å²) in [5, 5.41) is 3.61. The van der Waals surface area contributed by atoms with Crippen molar-refractivity contribution < 1.29 is 4.74 Å². The molecule has 0 aliphatic carbocycles. The lowest BCUT2D eigenvalue weighted by Gasteiger charge is -2.29. The van der Waals surface area contributed by atoms with E-state index in [1.54, 1.807) is 0 Å². The van der Waals surface area contributed by atoms with Gasteiger partial charge in [0.05, 0.1) is 6.61 Å². The molecule has 20 heavy (non-hydrogen) atoms. The van der Waals surface area contributed by atoms with Crippen LogP contribution in [0.2, 0.25) is 0 Å². The first kappa shape index (κ1) is 15.4. The van der Waals surface area contributed by atoms with Gasteiger partial charge < -0.3 is 10.1 Å². The molecule has 0 radical (unpaired) electrons. The van der Waals surface area contributed by atoms with E-state index in [9.17, 15) is 0 Å². The highest BCUT2D eigenvalue weighted by Crippen LogP contribution is 2.36. The molecule has 0 spiro atoms. The largest absolute Gasteiger partial charge is 0.493 e. The van der Waals surface area contributed by atoms with E-state index in [1.165, 1.54) is 11.1 Å². The van der Waals surface area contributed by atoms with Crippen LogP contribution in [0.4, 0.5) is 0 Å². The molecule has 1 aliphatic heterocycles. The van der Waals surface area contributed by atoms with E-state index in [4.69, 9.17) is 4.74 Å². The highest BCUT2D eigenvalue weighted by Gasteiger charge is 2.23. The van der Waals surface area contributed by atoms with Crippen molar-refractivity contribution in [3.8, 4) is 5.75 Å². The maximum atomic E-state index is 5.95. The number of ether oxygens (including phenoxy) is 1. The van der Waals surface area contributed by atoms with E-state index in [-0.39, 0.29) is 5.54 Å². The fourth-order valence-corrected chi connectivity index (χ4v) is 2.72. The zero-order chi connectivity index (χ0) is 14.8. The van der Waals surface area contributed by atoms with Crippen LogP contribution < -0.4 is 10.1 Å². The van der Waals surface area contributed by atoms with Crippen molar-refractivity contribution in [2.45, 2.75) is 58.9 Å². The third-order valence-corrected chi connectivity index (χ3v) is 4.26. The van der Waals surface area contributed by atoms with Crippen LogP contribution in [0.25, 0.3) is 0 Å².